The highest BCUT2D eigenvalue weighted by molar-refractivity contribution is 5.39. The van der Waals surface area contributed by atoms with Gasteiger partial charge in [-0.1, -0.05) is 20.8 Å². The van der Waals surface area contributed by atoms with Gasteiger partial charge in [0.25, 0.3) is 0 Å². The minimum atomic E-state index is 0.273. The first-order valence-electron chi connectivity index (χ1n) is 6.31. The molecule has 0 spiro atoms. The Kier molecular flexibility index (Phi) is 3.62. The highest BCUT2D eigenvalue weighted by atomic mass is 15.2. The minimum Gasteiger partial charge on any atom is -0.354 e. The maximum absolute atomic E-state index is 4.38. The lowest BCUT2D eigenvalue weighted by Gasteiger charge is -2.28. The fraction of sp³-hybridized carbons (Fsp3) is 0.692. The molecule has 0 unspecified atom stereocenters. The van der Waals surface area contributed by atoms with E-state index in [0.29, 0.717) is 0 Å². The third-order valence-electron chi connectivity index (χ3n) is 2.86. The van der Waals surface area contributed by atoms with Crippen LogP contribution in [0.3, 0.4) is 0 Å². The second-order valence-corrected chi connectivity index (χ2v) is 5.84. The van der Waals surface area contributed by atoms with Gasteiger partial charge in [0.1, 0.15) is 12.1 Å². The van der Waals surface area contributed by atoms with Gasteiger partial charge in [-0.15, -0.1) is 0 Å². The van der Waals surface area contributed by atoms with Crippen molar-refractivity contribution in [1.29, 1.82) is 0 Å². The van der Waals surface area contributed by atoms with Gasteiger partial charge < -0.3 is 10.2 Å². The number of hydrogen-bond acceptors (Lipinski definition) is 4. The highest BCUT2D eigenvalue weighted by Crippen LogP contribution is 2.21. The maximum atomic E-state index is 4.38. The van der Waals surface area contributed by atoms with Gasteiger partial charge in [0.15, 0.2) is 0 Å². The van der Waals surface area contributed by atoms with Crippen LogP contribution in [0.2, 0.25) is 0 Å². The summed E-state index contributed by atoms with van der Waals surface area (Å²) in [6.07, 6.45) is 2.69. The van der Waals surface area contributed by atoms with Crippen molar-refractivity contribution in [3.05, 3.63) is 18.1 Å². The summed E-state index contributed by atoms with van der Waals surface area (Å²) in [5.41, 5.74) is 1.41. The first kappa shape index (κ1) is 12.3. The fourth-order valence-electron chi connectivity index (χ4n) is 2.09. The molecule has 0 aliphatic carbocycles. The standard InChI is InChI=1S/C13H22N4/c1-13(2,3)9-11-8-12(16-10-15-11)17-6-4-14-5-7-17/h8,10,14H,4-7,9H2,1-3H3. The molecule has 2 rings (SSSR count). The Bertz CT molecular complexity index is 364. The lowest BCUT2D eigenvalue weighted by atomic mass is 9.90. The Balaban J connectivity index is 2.10. The molecular weight excluding hydrogens is 212 g/mol. The van der Waals surface area contributed by atoms with Crippen LogP contribution in [-0.4, -0.2) is 36.1 Å². The first-order chi connectivity index (χ1) is 8.04. The van der Waals surface area contributed by atoms with E-state index in [1.54, 1.807) is 6.33 Å². The van der Waals surface area contributed by atoms with Crippen molar-refractivity contribution in [2.45, 2.75) is 27.2 Å². The highest BCUT2D eigenvalue weighted by Gasteiger charge is 2.15. The van der Waals surface area contributed by atoms with Gasteiger partial charge in [0, 0.05) is 37.9 Å². The van der Waals surface area contributed by atoms with Gasteiger partial charge in [-0.05, 0) is 11.8 Å². The molecule has 0 bridgehead atoms. The van der Waals surface area contributed by atoms with Crippen LogP contribution in [0, 0.1) is 5.41 Å². The monoisotopic (exact) mass is 234 g/mol. The molecule has 0 radical (unpaired) electrons. The molecule has 1 aliphatic heterocycles. The number of rotatable bonds is 2. The van der Waals surface area contributed by atoms with Crippen LogP contribution in [-0.2, 0) is 6.42 Å². The predicted octanol–water partition coefficient (Wildman–Crippen LogP) is 1.47. The summed E-state index contributed by atoms with van der Waals surface area (Å²) >= 11 is 0. The molecule has 0 amide bonds. The zero-order valence-corrected chi connectivity index (χ0v) is 11.0. The molecule has 1 aromatic heterocycles. The third-order valence-corrected chi connectivity index (χ3v) is 2.86. The molecule has 1 aliphatic rings. The van der Waals surface area contributed by atoms with E-state index in [0.717, 1.165) is 44.1 Å². The van der Waals surface area contributed by atoms with Gasteiger partial charge in [0.2, 0.25) is 0 Å². The van der Waals surface area contributed by atoms with E-state index in [-0.39, 0.29) is 5.41 Å². The SMILES string of the molecule is CC(C)(C)Cc1cc(N2CCNCC2)ncn1. The molecular formula is C13H22N4. The van der Waals surface area contributed by atoms with Crippen LogP contribution in [0.1, 0.15) is 26.5 Å². The molecule has 0 saturated carbocycles. The number of hydrogen-bond donors (Lipinski definition) is 1. The van der Waals surface area contributed by atoms with Gasteiger partial charge in [0.05, 0.1) is 0 Å². The van der Waals surface area contributed by atoms with E-state index >= 15 is 0 Å². The molecule has 1 saturated heterocycles. The molecule has 4 heteroatoms. The second kappa shape index (κ2) is 5.00. The number of piperazine rings is 1. The van der Waals surface area contributed by atoms with E-state index in [1.165, 1.54) is 0 Å². The van der Waals surface area contributed by atoms with Crippen LogP contribution in [0.4, 0.5) is 5.82 Å². The zero-order chi connectivity index (χ0) is 12.3. The molecule has 1 N–H and O–H groups in total. The number of nitrogens with zero attached hydrogens (tertiary/aromatic N) is 3. The Morgan fingerprint density at radius 2 is 1.94 bits per heavy atom. The molecule has 94 valence electrons. The Hall–Kier alpha value is -1.16. The minimum absolute atomic E-state index is 0.273. The fourth-order valence-corrected chi connectivity index (χ4v) is 2.09. The second-order valence-electron chi connectivity index (χ2n) is 5.84. The van der Waals surface area contributed by atoms with Crippen molar-refractivity contribution in [3.63, 3.8) is 0 Å². The largest absolute Gasteiger partial charge is 0.354 e. The predicted molar refractivity (Wildman–Crippen MR) is 70.3 cm³/mol. The first-order valence-corrected chi connectivity index (χ1v) is 6.31. The van der Waals surface area contributed by atoms with Crippen LogP contribution in [0.15, 0.2) is 12.4 Å². The molecule has 1 fully saturated rings. The summed E-state index contributed by atoms with van der Waals surface area (Å²) in [5.74, 6) is 1.07. The Morgan fingerprint density at radius 3 is 2.59 bits per heavy atom. The van der Waals surface area contributed by atoms with Gasteiger partial charge >= 0.3 is 0 Å². The van der Waals surface area contributed by atoms with Crippen molar-refractivity contribution in [1.82, 2.24) is 15.3 Å². The van der Waals surface area contributed by atoms with E-state index in [9.17, 15) is 0 Å². The summed E-state index contributed by atoms with van der Waals surface area (Å²) in [7, 11) is 0. The number of nitrogens with one attached hydrogen (secondary N) is 1. The van der Waals surface area contributed by atoms with Crippen LogP contribution in [0.5, 0.6) is 0 Å². The molecule has 4 nitrogen and oxygen atoms in total. The summed E-state index contributed by atoms with van der Waals surface area (Å²) in [6, 6.07) is 2.14. The van der Waals surface area contributed by atoms with E-state index < -0.39 is 0 Å². The van der Waals surface area contributed by atoms with Crippen molar-refractivity contribution in [2.75, 3.05) is 31.1 Å². The van der Waals surface area contributed by atoms with Crippen molar-refractivity contribution >= 4 is 5.82 Å². The Labute approximate surface area is 103 Å². The molecule has 0 aromatic carbocycles. The summed E-state index contributed by atoms with van der Waals surface area (Å²) in [4.78, 5) is 11.1. The maximum Gasteiger partial charge on any atom is 0.132 e. The van der Waals surface area contributed by atoms with Crippen LogP contribution < -0.4 is 10.2 Å². The third kappa shape index (κ3) is 3.66. The van der Waals surface area contributed by atoms with Gasteiger partial charge in [-0.3, -0.25) is 0 Å². The van der Waals surface area contributed by atoms with Crippen molar-refractivity contribution in [3.8, 4) is 0 Å². The number of aromatic nitrogens is 2. The smallest absolute Gasteiger partial charge is 0.132 e. The molecule has 2 heterocycles. The molecule has 1 aromatic rings. The summed E-state index contributed by atoms with van der Waals surface area (Å²) in [6.45, 7) is 10.9. The average Bonchev–Trinajstić information content (AvgIpc) is 2.28. The lowest BCUT2D eigenvalue weighted by molar-refractivity contribution is 0.406. The van der Waals surface area contributed by atoms with Gasteiger partial charge in [-0.25, -0.2) is 9.97 Å². The summed E-state index contributed by atoms with van der Waals surface area (Å²) in [5, 5.41) is 3.35. The van der Waals surface area contributed by atoms with Crippen molar-refractivity contribution in [2.24, 2.45) is 5.41 Å². The number of anilines is 1. The topological polar surface area (TPSA) is 41.0 Å². The zero-order valence-electron chi connectivity index (χ0n) is 11.0. The van der Waals surface area contributed by atoms with E-state index in [4.69, 9.17) is 0 Å². The normalized spacial score (nSPS) is 17.2. The van der Waals surface area contributed by atoms with Crippen molar-refractivity contribution < 1.29 is 0 Å². The average molecular weight is 234 g/mol. The Morgan fingerprint density at radius 1 is 1.24 bits per heavy atom. The lowest BCUT2D eigenvalue weighted by Crippen LogP contribution is -2.43. The van der Waals surface area contributed by atoms with Crippen LogP contribution >= 0.6 is 0 Å². The van der Waals surface area contributed by atoms with Gasteiger partial charge in [-0.2, -0.15) is 0 Å². The quantitative estimate of drug-likeness (QED) is 0.841. The molecule has 17 heavy (non-hydrogen) atoms. The molecule has 0 atom stereocenters. The van der Waals surface area contributed by atoms with E-state index in [1.807, 2.05) is 0 Å². The van der Waals surface area contributed by atoms with E-state index in [2.05, 4.69) is 47.0 Å². The van der Waals surface area contributed by atoms with Crippen LogP contribution in [0.25, 0.3) is 0 Å². The summed E-state index contributed by atoms with van der Waals surface area (Å²) < 4.78 is 0.